The average Bonchev–Trinajstić information content (AvgIpc) is 2.89. The van der Waals surface area contributed by atoms with Crippen LogP contribution >= 0.6 is 0 Å². The lowest BCUT2D eigenvalue weighted by Gasteiger charge is -2.43. The van der Waals surface area contributed by atoms with Gasteiger partial charge in [0.1, 0.15) is 11.5 Å². The maximum atomic E-state index is 10.7. The van der Waals surface area contributed by atoms with Crippen LogP contribution in [0.1, 0.15) is 38.2 Å². The highest BCUT2D eigenvalue weighted by Gasteiger charge is 2.38. The van der Waals surface area contributed by atoms with E-state index in [0.717, 1.165) is 50.4 Å². The van der Waals surface area contributed by atoms with E-state index in [-0.39, 0.29) is 5.92 Å². The standard InChI is InChI=1S/C16H27NO3/c1-4-14-5-6-15(20-14)12-17-9-7-16(18,8-10-19-3)13(2)11-17/h5-6,13,18H,4,7-12H2,1-3H3/t13-,16-/m0/s1. The molecule has 1 aliphatic rings. The first kappa shape index (κ1) is 15.5. The monoisotopic (exact) mass is 281 g/mol. The lowest BCUT2D eigenvalue weighted by atomic mass is 9.80. The van der Waals surface area contributed by atoms with Crippen LogP contribution < -0.4 is 0 Å². The van der Waals surface area contributed by atoms with E-state index in [4.69, 9.17) is 9.15 Å². The van der Waals surface area contributed by atoms with Crippen molar-refractivity contribution < 1.29 is 14.3 Å². The van der Waals surface area contributed by atoms with Crippen LogP contribution in [0, 0.1) is 5.92 Å². The van der Waals surface area contributed by atoms with Crippen molar-refractivity contribution in [1.82, 2.24) is 4.90 Å². The van der Waals surface area contributed by atoms with Gasteiger partial charge in [-0.25, -0.2) is 0 Å². The number of nitrogens with zero attached hydrogens (tertiary/aromatic N) is 1. The van der Waals surface area contributed by atoms with Crippen LogP contribution in [0.15, 0.2) is 16.5 Å². The van der Waals surface area contributed by atoms with Gasteiger partial charge in [0.2, 0.25) is 0 Å². The van der Waals surface area contributed by atoms with Gasteiger partial charge in [0.25, 0.3) is 0 Å². The molecule has 0 bridgehead atoms. The second-order valence-corrected chi connectivity index (χ2v) is 5.95. The number of furan rings is 1. The Morgan fingerprint density at radius 1 is 1.45 bits per heavy atom. The zero-order valence-corrected chi connectivity index (χ0v) is 12.9. The predicted octanol–water partition coefficient (Wildman–Crippen LogP) is 2.45. The fourth-order valence-corrected chi connectivity index (χ4v) is 2.96. The molecule has 1 aliphatic heterocycles. The van der Waals surface area contributed by atoms with Crippen molar-refractivity contribution in [3.05, 3.63) is 23.7 Å². The Labute approximate surface area is 121 Å². The van der Waals surface area contributed by atoms with Crippen LogP contribution in [-0.2, 0) is 17.7 Å². The lowest BCUT2D eigenvalue weighted by Crippen LogP contribution is -2.50. The molecular weight excluding hydrogens is 254 g/mol. The van der Waals surface area contributed by atoms with Crippen molar-refractivity contribution in [2.45, 2.75) is 45.3 Å². The summed E-state index contributed by atoms with van der Waals surface area (Å²) < 4.78 is 10.9. The molecule has 2 heterocycles. The van der Waals surface area contributed by atoms with E-state index in [1.165, 1.54) is 0 Å². The van der Waals surface area contributed by atoms with Gasteiger partial charge in [-0.1, -0.05) is 13.8 Å². The zero-order valence-electron chi connectivity index (χ0n) is 12.9. The summed E-state index contributed by atoms with van der Waals surface area (Å²) >= 11 is 0. The summed E-state index contributed by atoms with van der Waals surface area (Å²) in [6.07, 6.45) is 2.46. The Bertz CT molecular complexity index is 418. The zero-order chi connectivity index (χ0) is 14.6. The SMILES string of the molecule is CCc1ccc(CN2CC[C@](O)(CCOC)[C@@H](C)C2)o1. The predicted molar refractivity (Wildman–Crippen MR) is 78.6 cm³/mol. The molecule has 0 radical (unpaired) electrons. The highest BCUT2D eigenvalue weighted by Crippen LogP contribution is 2.31. The summed E-state index contributed by atoms with van der Waals surface area (Å²) in [7, 11) is 1.69. The summed E-state index contributed by atoms with van der Waals surface area (Å²) in [4.78, 5) is 2.37. The van der Waals surface area contributed by atoms with Gasteiger partial charge < -0.3 is 14.3 Å². The van der Waals surface area contributed by atoms with E-state index in [2.05, 4.69) is 30.9 Å². The van der Waals surface area contributed by atoms with Gasteiger partial charge >= 0.3 is 0 Å². The molecule has 2 rings (SSSR count). The Morgan fingerprint density at radius 2 is 2.20 bits per heavy atom. The van der Waals surface area contributed by atoms with Crippen LogP contribution in [0.3, 0.4) is 0 Å². The Hall–Kier alpha value is -0.840. The third-order valence-corrected chi connectivity index (χ3v) is 4.49. The largest absolute Gasteiger partial charge is 0.465 e. The minimum absolute atomic E-state index is 0.256. The lowest BCUT2D eigenvalue weighted by molar-refractivity contribution is -0.0835. The van der Waals surface area contributed by atoms with Gasteiger partial charge in [-0.3, -0.25) is 4.90 Å². The molecule has 2 atom stereocenters. The molecule has 20 heavy (non-hydrogen) atoms. The molecule has 4 heteroatoms. The van der Waals surface area contributed by atoms with Crippen LogP contribution in [0.2, 0.25) is 0 Å². The number of hydrogen-bond donors (Lipinski definition) is 1. The Morgan fingerprint density at radius 3 is 2.80 bits per heavy atom. The molecule has 0 aliphatic carbocycles. The number of methoxy groups -OCH3 is 1. The molecule has 0 aromatic carbocycles. The molecule has 114 valence electrons. The molecule has 1 aromatic heterocycles. The normalized spacial score (nSPS) is 27.9. The highest BCUT2D eigenvalue weighted by molar-refractivity contribution is 5.07. The topological polar surface area (TPSA) is 45.8 Å². The van der Waals surface area contributed by atoms with Gasteiger partial charge in [0.05, 0.1) is 12.1 Å². The van der Waals surface area contributed by atoms with Gasteiger partial charge in [-0.05, 0) is 30.9 Å². The van der Waals surface area contributed by atoms with Crippen molar-refractivity contribution >= 4 is 0 Å². The second-order valence-electron chi connectivity index (χ2n) is 5.95. The van der Waals surface area contributed by atoms with Crippen LogP contribution in [0.25, 0.3) is 0 Å². The second kappa shape index (κ2) is 6.74. The van der Waals surface area contributed by atoms with Crippen molar-refractivity contribution in [3.8, 4) is 0 Å². The minimum atomic E-state index is -0.579. The van der Waals surface area contributed by atoms with E-state index in [0.29, 0.717) is 6.61 Å². The summed E-state index contributed by atoms with van der Waals surface area (Å²) in [5.74, 6) is 2.32. The highest BCUT2D eigenvalue weighted by atomic mass is 16.5. The number of likely N-dealkylation sites (tertiary alicyclic amines) is 1. The molecule has 0 spiro atoms. The summed E-state index contributed by atoms with van der Waals surface area (Å²) in [5.41, 5.74) is -0.579. The molecule has 0 amide bonds. The quantitative estimate of drug-likeness (QED) is 0.870. The van der Waals surface area contributed by atoms with Gasteiger partial charge in [-0.2, -0.15) is 0 Å². The first-order valence-corrected chi connectivity index (χ1v) is 7.58. The van der Waals surface area contributed by atoms with Gasteiger partial charge in [-0.15, -0.1) is 0 Å². The van der Waals surface area contributed by atoms with E-state index in [9.17, 15) is 5.11 Å². The molecule has 1 fully saturated rings. The van der Waals surface area contributed by atoms with Gasteiger partial charge in [0.15, 0.2) is 0 Å². The fraction of sp³-hybridized carbons (Fsp3) is 0.750. The molecular formula is C16H27NO3. The van der Waals surface area contributed by atoms with Crippen LogP contribution in [0.4, 0.5) is 0 Å². The molecule has 0 unspecified atom stereocenters. The van der Waals surface area contributed by atoms with E-state index in [1.807, 2.05) is 0 Å². The average molecular weight is 281 g/mol. The number of rotatable bonds is 6. The first-order chi connectivity index (χ1) is 9.57. The van der Waals surface area contributed by atoms with Crippen molar-refractivity contribution in [2.75, 3.05) is 26.8 Å². The first-order valence-electron chi connectivity index (χ1n) is 7.58. The summed E-state index contributed by atoms with van der Waals surface area (Å²) in [6.45, 7) is 7.50. The molecule has 1 aromatic rings. The van der Waals surface area contributed by atoms with Crippen molar-refractivity contribution in [2.24, 2.45) is 5.92 Å². The van der Waals surface area contributed by atoms with E-state index in [1.54, 1.807) is 7.11 Å². The number of piperidine rings is 1. The summed E-state index contributed by atoms with van der Waals surface area (Å²) in [6, 6.07) is 4.12. The number of aryl methyl sites for hydroxylation is 1. The fourth-order valence-electron chi connectivity index (χ4n) is 2.96. The third-order valence-electron chi connectivity index (χ3n) is 4.49. The minimum Gasteiger partial charge on any atom is -0.465 e. The molecule has 0 saturated carbocycles. The molecule has 1 saturated heterocycles. The Kier molecular flexibility index (Phi) is 5.24. The molecule has 1 N–H and O–H groups in total. The summed E-state index contributed by atoms with van der Waals surface area (Å²) in [5, 5.41) is 10.7. The Balaban J connectivity index is 1.88. The number of ether oxygens (including phenoxy) is 1. The number of aliphatic hydroxyl groups is 1. The van der Waals surface area contributed by atoms with Crippen LogP contribution in [-0.4, -0.2) is 42.4 Å². The molecule has 4 nitrogen and oxygen atoms in total. The van der Waals surface area contributed by atoms with E-state index < -0.39 is 5.60 Å². The maximum Gasteiger partial charge on any atom is 0.118 e. The van der Waals surface area contributed by atoms with Crippen LogP contribution in [0.5, 0.6) is 0 Å². The van der Waals surface area contributed by atoms with Crippen molar-refractivity contribution in [1.29, 1.82) is 0 Å². The third kappa shape index (κ3) is 3.62. The maximum absolute atomic E-state index is 10.7. The van der Waals surface area contributed by atoms with E-state index >= 15 is 0 Å². The van der Waals surface area contributed by atoms with Crippen molar-refractivity contribution in [3.63, 3.8) is 0 Å². The van der Waals surface area contributed by atoms with Gasteiger partial charge in [0, 0.05) is 33.2 Å². The smallest absolute Gasteiger partial charge is 0.118 e. The number of hydrogen-bond acceptors (Lipinski definition) is 4.